The summed E-state index contributed by atoms with van der Waals surface area (Å²) in [6, 6.07) is 5.87. The highest BCUT2D eigenvalue weighted by Crippen LogP contribution is 2.51. The summed E-state index contributed by atoms with van der Waals surface area (Å²) in [5, 5.41) is 9.34. The zero-order valence-electron chi connectivity index (χ0n) is 10.2. The van der Waals surface area contributed by atoms with Gasteiger partial charge in [0.2, 0.25) is 0 Å². The summed E-state index contributed by atoms with van der Waals surface area (Å²) < 4.78 is 5.36. The summed E-state index contributed by atoms with van der Waals surface area (Å²) in [6.45, 7) is 3.56. The van der Waals surface area contributed by atoms with E-state index in [9.17, 15) is 9.90 Å². The average molecular weight is 252 g/mol. The number of carboxylic acids is 1. The van der Waals surface area contributed by atoms with Gasteiger partial charge in [-0.3, -0.25) is 4.79 Å². The molecule has 3 nitrogen and oxygen atoms in total. The van der Waals surface area contributed by atoms with Crippen LogP contribution in [0.2, 0.25) is 0 Å². The minimum Gasteiger partial charge on any atom is -0.496 e. The summed E-state index contributed by atoms with van der Waals surface area (Å²) in [5.74, 6) is 0.833. The molecule has 1 aromatic rings. The molecule has 2 rings (SSSR count). The molecule has 1 unspecified atom stereocenters. The maximum atomic E-state index is 11.4. The fraction of sp³-hybridized carbons (Fsp3) is 0.462. The molecule has 1 atom stereocenters. The van der Waals surface area contributed by atoms with Gasteiger partial charge in [-0.1, -0.05) is 6.07 Å². The lowest BCUT2D eigenvalue weighted by atomic mass is 9.76. The zero-order valence-corrected chi connectivity index (χ0v) is 11.0. The molecular weight excluding hydrogens is 236 g/mol. The maximum absolute atomic E-state index is 11.4. The SMILES string of the molecule is COc1cccc2c1C(C(C)(C)C(=O)O)CS2. The van der Waals surface area contributed by atoms with E-state index in [0.29, 0.717) is 0 Å². The molecule has 0 saturated heterocycles. The maximum Gasteiger partial charge on any atom is 0.309 e. The van der Waals surface area contributed by atoms with Crippen LogP contribution in [-0.2, 0) is 4.79 Å². The van der Waals surface area contributed by atoms with Gasteiger partial charge < -0.3 is 9.84 Å². The van der Waals surface area contributed by atoms with Crippen molar-refractivity contribution in [2.45, 2.75) is 24.7 Å². The van der Waals surface area contributed by atoms with Gasteiger partial charge in [-0.25, -0.2) is 0 Å². The minimum absolute atomic E-state index is 0.00356. The molecule has 1 aliphatic heterocycles. The number of hydrogen-bond acceptors (Lipinski definition) is 3. The van der Waals surface area contributed by atoms with Crippen LogP contribution in [0.4, 0.5) is 0 Å². The molecule has 4 heteroatoms. The lowest BCUT2D eigenvalue weighted by molar-refractivity contribution is -0.147. The minimum atomic E-state index is -0.771. The van der Waals surface area contributed by atoms with Gasteiger partial charge in [-0.05, 0) is 26.0 Å². The Balaban J connectivity index is 2.49. The number of carbonyl (C=O) groups is 1. The van der Waals surface area contributed by atoms with Gasteiger partial charge in [0.25, 0.3) is 0 Å². The van der Waals surface area contributed by atoms with Crippen LogP contribution in [0.1, 0.15) is 25.3 Å². The van der Waals surface area contributed by atoms with E-state index >= 15 is 0 Å². The Morgan fingerprint density at radius 3 is 2.82 bits per heavy atom. The quantitative estimate of drug-likeness (QED) is 0.898. The van der Waals surface area contributed by atoms with E-state index < -0.39 is 11.4 Å². The highest BCUT2D eigenvalue weighted by molar-refractivity contribution is 7.99. The summed E-state index contributed by atoms with van der Waals surface area (Å²) in [5.41, 5.74) is 0.278. The Kier molecular flexibility index (Phi) is 3.08. The van der Waals surface area contributed by atoms with Gasteiger partial charge in [0, 0.05) is 22.1 Å². The lowest BCUT2D eigenvalue weighted by Crippen LogP contribution is -2.31. The first-order chi connectivity index (χ1) is 7.98. The fourth-order valence-electron chi connectivity index (χ4n) is 2.15. The number of hydrogen-bond donors (Lipinski definition) is 1. The molecule has 0 aliphatic carbocycles. The van der Waals surface area contributed by atoms with Crippen molar-refractivity contribution in [1.29, 1.82) is 0 Å². The van der Waals surface area contributed by atoms with Crippen LogP contribution in [0.3, 0.4) is 0 Å². The Morgan fingerprint density at radius 2 is 2.24 bits per heavy atom. The number of aliphatic carboxylic acids is 1. The first-order valence-electron chi connectivity index (χ1n) is 5.51. The Morgan fingerprint density at radius 1 is 1.53 bits per heavy atom. The molecule has 0 saturated carbocycles. The number of rotatable bonds is 3. The van der Waals surface area contributed by atoms with Gasteiger partial charge in [0.15, 0.2) is 0 Å². The van der Waals surface area contributed by atoms with Crippen molar-refractivity contribution in [2.24, 2.45) is 5.41 Å². The van der Waals surface area contributed by atoms with Gasteiger partial charge >= 0.3 is 5.97 Å². The molecule has 0 spiro atoms. The molecule has 92 valence electrons. The predicted molar refractivity (Wildman–Crippen MR) is 67.9 cm³/mol. The van der Waals surface area contributed by atoms with E-state index in [0.717, 1.165) is 22.0 Å². The third-order valence-corrected chi connectivity index (χ3v) is 4.59. The molecule has 0 radical (unpaired) electrons. The van der Waals surface area contributed by atoms with Crippen LogP contribution in [0.15, 0.2) is 23.1 Å². The van der Waals surface area contributed by atoms with Crippen molar-refractivity contribution < 1.29 is 14.6 Å². The molecule has 1 aliphatic rings. The van der Waals surface area contributed by atoms with Gasteiger partial charge in [-0.2, -0.15) is 0 Å². The molecule has 0 amide bonds. The zero-order chi connectivity index (χ0) is 12.6. The van der Waals surface area contributed by atoms with Crippen molar-refractivity contribution in [3.8, 4) is 5.75 Å². The molecule has 1 heterocycles. The van der Waals surface area contributed by atoms with Crippen LogP contribution in [0.25, 0.3) is 0 Å². The van der Waals surface area contributed by atoms with E-state index in [4.69, 9.17) is 4.74 Å². The molecule has 0 bridgehead atoms. The van der Waals surface area contributed by atoms with E-state index in [2.05, 4.69) is 0 Å². The van der Waals surface area contributed by atoms with Crippen molar-refractivity contribution >= 4 is 17.7 Å². The van der Waals surface area contributed by atoms with E-state index in [1.165, 1.54) is 0 Å². The average Bonchev–Trinajstić information content (AvgIpc) is 2.72. The van der Waals surface area contributed by atoms with Crippen LogP contribution >= 0.6 is 11.8 Å². The molecule has 0 fully saturated rings. The summed E-state index contributed by atoms with van der Waals surface area (Å²) in [7, 11) is 1.63. The highest BCUT2D eigenvalue weighted by Gasteiger charge is 2.43. The number of benzene rings is 1. The van der Waals surface area contributed by atoms with E-state index in [-0.39, 0.29) is 5.92 Å². The van der Waals surface area contributed by atoms with Crippen LogP contribution in [0.5, 0.6) is 5.75 Å². The normalized spacial score (nSPS) is 18.9. The molecular formula is C13H16O3S. The Labute approximate surface area is 105 Å². The Bertz CT molecular complexity index is 454. The molecule has 0 aromatic heterocycles. The number of fused-ring (bicyclic) bond motifs is 1. The van der Waals surface area contributed by atoms with E-state index in [1.807, 2.05) is 18.2 Å². The van der Waals surface area contributed by atoms with Gasteiger partial charge in [0.05, 0.1) is 12.5 Å². The van der Waals surface area contributed by atoms with Crippen LogP contribution < -0.4 is 4.74 Å². The van der Waals surface area contributed by atoms with Crippen LogP contribution in [0, 0.1) is 5.41 Å². The second kappa shape index (κ2) is 4.26. The summed E-state index contributed by atoms with van der Waals surface area (Å²) in [4.78, 5) is 12.5. The van der Waals surface area contributed by atoms with Crippen molar-refractivity contribution in [1.82, 2.24) is 0 Å². The largest absolute Gasteiger partial charge is 0.496 e. The summed E-state index contributed by atoms with van der Waals surface area (Å²) >= 11 is 1.71. The fourth-order valence-corrected chi connectivity index (χ4v) is 3.65. The van der Waals surface area contributed by atoms with Crippen molar-refractivity contribution in [3.05, 3.63) is 23.8 Å². The van der Waals surface area contributed by atoms with Crippen molar-refractivity contribution in [3.63, 3.8) is 0 Å². The topological polar surface area (TPSA) is 46.5 Å². The second-order valence-corrected chi connectivity index (χ2v) is 5.82. The van der Waals surface area contributed by atoms with Gasteiger partial charge in [0.1, 0.15) is 5.75 Å². The third kappa shape index (κ3) is 1.90. The molecule has 1 N–H and O–H groups in total. The standard InChI is InChI=1S/C13H16O3S/c1-13(2,12(14)15)8-7-17-10-6-4-5-9(16-3)11(8)10/h4-6,8H,7H2,1-3H3,(H,14,15). The summed E-state index contributed by atoms with van der Waals surface area (Å²) in [6.07, 6.45) is 0. The molecule has 1 aromatic carbocycles. The predicted octanol–water partition coefficient (Wildman–Crippen LogP) is 3.00. The first-order valence-corrected chi connectivity index (χ1v) is 6.50. The third-order valence-electron chi connectivity index (χ3n) is 3.42. The monoisotopic (exact) mass is 252 g/mol. The number of carboxylic acid groups (broad SMARTS) is 1. The van der Waals surface area contributed by atoms with Crippen LogP contribution in [-0.4, -0.2) is 23.9 Å². The number of methoxy groups -OCH3 is 1. The smallest absolute Gasteiger partial charge is 0.309 e. The highest BCUT2D eigenvalue weighted by atomic mass is 32.2. The number of ether oxygens (including phenoxy) is 1. The van der Waals surface area contributed by atoms with Crippen molar-refractivity contribution in [2.75, 3.05) is 12.9 Å². The lowest BCUT2D eigenvalue weighted by Gasteiger charge is -2.28. The first kappa shape index (κ1) is 12.3. The molecule has 17 heavy (non-hydrogen) atoms. The second-order valence-electron chi connectivity index (χ2n) is 4.76. The Hall–Kier alpha value is -1.16. The van der Waals surface area contributed by atoms with Gasteiger partial charge in [-0.15, -0.1) is 11.8 Å². The van der Waals surface area contributed by atoms with E-state index in [1.54, 1.807) is 32.7 Å². The number of thioether (sulfide) groups is 1.